The molecule has 0 saturated heterocycles. The number of alkyl halides is 2. The Hall–Kier alpha value is 0.214. The fourth-order valence-electron chi connectivity index (χ4n) is 0.442. The molecule has 0 aliphatic carbocycles. The van der Waals surface area contributed by atoms with Crippen LogP contribution >= 0.6 is 0 Å². The molecule has 0 saturated carbocycles. The van der Waals surface area contributed by atoms with Crippen LogP contribution in [0.3, 0.4) is 0 Å². The second-order valence-electron chi connectivity index (χ2n) is 1.92. The molecule has 0 radical (unpaired) electrons. The molecule has 0 spiro atoms. The first-order chi connectivity index (χ1) is 4.50. The fourth-order valence-corrected chi connectivity index (χ4v) is 0.442. The Bertz CT molecular complexity index is 94.6. The van der Waals surface area contributed by atoms with Crippen molar-refractivity contribution in [3.05, 3.63) is 13.3 Å². The zero-order chi connectivity index (χ0) is 8.20. The molecular formula is C6H8F4Ni. The maximum Gasteiger partial charge on any atom is 2.00 e. The van der Waals surface area contributed by atoms with Gasteiger partial charge < -0.3 is 15.7 Å². The van der Waals surface area contributed by atoms with Gasteiger partial charge in [-0.15, -0.1) is 0 Å². The van der Waals surface area contributed by atoms with Crippen LogP contribution in [0.1, 0.15) is 19.3 Å². The molecule has 5 heteroatoms. The van der Waals surface area contributed by atoms with Gasteiger partial charge in [0.05, 0.1) is 6.43 Å². The van der Waals surface area contributed by atoms with Crippen LogP contribution in [-0.4, -0.2) is 5.92 Å². The maximum absolute atomic E-state index is 11.9. The van der Waals surface area contributed by atoms with Crippen LogP contribution < -0.4 is 0 Å². The quantitative estimate of drug-likeness (QED) is 0.384. The minimum Gasteiger partial charge on any atom is -0.415 e. The van der Waals surface area contributed by atoms with Crippen molar-refractivity contribution < 1.29 is 34.1 Å². The second-order valence-corrected chi connectivity index (χ2v) is 1.92. The summed E-state index contributed by atoms with van der Waals surface area (Å²) < 4.78 is 46.4. The van der Waals surface area contributed by atoms with Gasteiger partial charge in [-0.1, -0.05) is 6.42 Å². The van der Waals surface area contributed by atoms with Gasteiger partial charge in [-0.3, -0.25) is 0 Å². The minimum atomic E-state index is -3.91. The Morgan fingerprint density at radius 2 is 1.73 bits per heavy atom. The molecule has 0 bridgehead atoms. The predicted octanol–water partition coefficient (Wildman–Crippen LogP) is 3.05. The number of halogens is 4. The third kappa shape index (κ3) is 5.48. The van der Waals surface area contributed by atoms with Crippen molar-refractivity contribution in [2.45, 2.75) is 25.2 Å². The van der Waals surface area contributed by atoms with E-state index in [0.29, 0.717) is 0 Å². The topological polar surface area (TPSA) is 0 Å². The third-order valence-corrected chi connectivity index (χ3v) is 1.02. The van der Waals surface area contributed by atoms with Gasteiger partial charge in [-0.05, 0) is 6.42 Å². The molecule has 0 aromatic carbocycles. The van der Waals surface area contributed by atoms with Crippen molar-refractivity contribution in [1.29, 1.82) is 0 Å². The Balaban J connectivity index is 0. The molecule has 0 fully saturated rings. The van der Waals surface area contributed by atoms with E-state index in [4.69, 9.17) is 0 Å². The average molecular weight is 215 g/mol. The molecule has 0 aromatic rings. The van der Waals surface area contributed by atoms with Crippen LogP contribution in [0.25, 0.3) is 0 Å². The van der Waals surface area contributed by atoms with Gasteiger partial charge in [0.15, 0.2) is 5.92 Å². The summed E-state index contributed by atoms with van der Waals surface area (Å²) in [5, 5.41) is 0. The van der Waals surface area contributed by atoms with Gasteiger partial charge in [0.2, 0.25) is 0 Å². The molecule has 11 heavy (non-hydrogen) atoms. The SMILES string of the molecule is [CH2-]CCCC(F)(F)[C-](F)F.[Ni+2]. The van der Waals surface area contributed by atoms with E-state index in [-0.39, 0.29) is 29.3 Å². The van der Waals surface area contributed by atoms with E-state index in [1.165, 1.54) is 0 Å². The summed E-state index contributed by atoms with van der Waals surface area (Å²) in [6.45, 7) is 3.26. The summed E-state index contributed by atoms with van der Waals surface area (Å²) in [4.78, 5) is 0. The Morgan fingerprint density at radius 1 is 1.27 bits per heavy atom. The molecule has 0 heterocycles. The number of unbranched alkanes of at least 4 members (excludes halogenated alkanes) is 1. The van der Waals surface area contributed by atoms with Crippen molar-refractivity contribution in [3.8, 4) is 0 Å². The summed E-state index contributed by atoms with van der Waals surface area (Å²) in [6, 6.07) is 0. The molecule has 0 nitrogen and oxygen atoms in total. The zero-order valence-electron chi connectivity index (χ0n) is 5.66. The second kappa shape index (κ2) is 5.81. The largest absolute Gasteiger partial charge is 2.00 e. The first-order valence-corrected chi connectivity index (χ1v) is 2.86. The summed E-state index contributed by atoms with van der Waals surface area (Å²) in [5.74, 6) is -3.91. The smallest absolute Gasteiger partial charge is 0.415 e. The molecule has 0 unspecified atom stereocenters. The van der Waals surface area contributed by atoms with E-state index in [1.54, 1.807) is 0 Å². The normalized spacial score (nSPS) is 11.5. The van der Waals surface area contributed by atoms with E-state index in [9.17, 15) is 17.6 Å². The van der Waals surface area contributed by atoms with Crippen LogP contribution in [0.5, 0.6) is 0 Å². The van der Waals surface area contributed by atoms with E-state index in [2.05, 4.69) is 6.92 Å². The summed E-state index contributed by atoms with van der Waals surface area (Å²) >= 11 is 0. The molecule has 0 amide bonds. The Morgan fingerprint density at radius 3 is 2.00 bits per heavy atom. The average Bonchev–Trinajstić information content (AvgIpc) is 1.84. The Labute approximate surface area is 73.3 Å². The van der Waals surface area contributed by atoms with Crippen molar-refractivity contribution in [2.75, 3.05) is 0 Å². The molecule has 0 aromatic heterocycles. The molecule has 0 aliphatic rings. The van der Waals surface area contributed by atoms with Crippen LogP contribution in [0.4, 0.5) is 17.6 Å². The zero-order valence-corrected chi connectivity index (χ0v) is 6.64. The van der Waals surface area contributed by atoms with E-state index in [1.807, 2.05) is 0 Å². The van der Waals surface area contributed by atoms with Gasteiger partial charge in [-0.25, -0.2) is 8.78 Å². The number of rotatable bonds is 4. The summed E-state index contributed by atoms with van der Waals surface area (Å²) in [6.07, 6.45) is -3.34. The van der Waals surface area contributed by atoms with Gasteiger partial charge >= 0.3 is 16.5 Å². The monoisotopic (exact) mass is 214 g/mol. The summed E-state index contributed by atoms with van der Waals surface area (Å²) in [5.41, 5.74) is 0. The van der Waals surface area contributed by atoms with Gasteiger partial charge in [0.25, 0.3) is 0 Å². The molecule has 70 valence electrons. The first-order valence-electron chi connectivity index (χ1n) is 2.86. The Kier molecular flexibility index (Phi) is 7.28. The van der Waals surface area contributed by atoms with Gasteiger partial charge in [0.1, 0.15) is 0 Å². The molecule has 0 atom stereocenters. The standard InChI is InChI=1S/C6H8F4.Ni/c1-2-3-4-6(9,10)5(7)8;/h1-4H2;/q-2;+2. The first kappa shape index (κ1) is 13.8. The number of hydrogen-bond acceptors (Lipinski definition) is 0. The van der Waals surface area contributed by atoms with E-state index < -0.39 is 18.8 Å². The van der Waals surface area contributed by atoms with Crippen LogP contribution in [0.15, 0.2) is 0 Å². The third-order valence-electron chi connectivity index (χ3n) is 1.02. The van der Waals surface area contributed by atoms with Crippen molar-refractivity contribution >= 4 is 0 Å². The molecule has 0 aliphatic heterocycles. The van der Waals surface area contributed by atoms with Crippen LogP contribution in [-0.2, 0) is 16.5 Å². The fraction of sp³-hybridized carbons (Fsp3) is 0.667. The van der Waals surface area contributed by atoms with Crippen molar-refractivity contribution in [2.24, 2.45) is 0 Å². The molecule has 0 rings (SSSR count). The predicted molar refractivity (Wildman–Crippen MR) is 29.6 cm³/mol. The summed E-state index contributed by atoms with van der Waals surface area (Å²) in [7, 11) is 0. The van der Waals surface area contributed by atoms with Gasteiger partial charge in [-0.2, -0.15) is 6.42 Å². The van der Waals surface area contributed by atoms with Crippen LogP contribution in [0.2, 0.25) is 0 Å². The molecular weight excluding hydrogens is 207 g/mol. The van der Waals surface area contributed by atoms with E-state index >= 15 is 0 Å². The molecule has 0 N–H and O–H groups in total. The van der Waals surface area contributed by atoms with Crippen molar-refractivity contribution in [3.63, 3.8) is 0 Å². The van der Waals surface area contributed by atoms with Gasteiger partial charge in [0, 0.05) is 0 Å². The minimum absolute atomic E-state index is 0. The van der Waals surface area contributed by atoms with Crippen molar-refractivity contribution in [1.82, 2.24) is 0 Å². The number of hydrogen-bond donors (Lipinski definition) is 0. The van der Waals surface area contributed by atoms with Crippen LogP contribution in [0, 0.1) is 13.3 Å². The van der Waals surface area contributed by atoms with E-state index in [0.717, 1.165) is 0 Å². The maximum atomic E-state index is 11.9.